The van der Waals surface area contributed by atoms with Crippen LogP contribution < -0.4 is 0 Å². The number of aliphatic hydroxyl groups is 1. The summed E-state index contributed by atoms with van der Waals surface area (Å²) in [6.07, 6.45) is 7.88. The molecule has 5 fully saturated rings. The molecule has 13 nitrogen and oxygen atoms in total. The maximum absolute atomic E-state index is 13.0. The van der Waals surface area contributed by atoms with Crippen molar-refractivity contribution >= 4 is 17.9 Å². The van der Waals surface area contributed by atoms with Crippen LogP contribution in [0.4, 0.5) is 0 Å². The van der Waals surface area contributed by atoms with Crippen LogP contribution in [-0.2, 0) is 46.5 Å². The lowest BCUT2D eigenvalue weighted by atomic mass is 9.47. The zero-order chi connectivity index (χ0) is 53.6. The molecule has 0 amide bonds. The lowest BCUT2D eigenvalue weighted by Gasteiger charge is -2.58. The van der Waals surface area contributed by atoms with Gasteiger partial charge < -0.3 is 50.3 Å². The van der Waals surface area contributed by atoms with E-state index in [2.05, 4.69) is 41.5 Å². The number of aryl methyl sites for hydroxylation is 1. The normalized spacial score (nSPS) is 32.3. The molecule has 9 aliphatic rings. The number of carbonyl (C=O) groups is 3. The largest absolute Gasteiger partial charge is 0.504 e. The molecule has 4 bridgehead atoms. The number of carboxylic acid groups (broad SMARTS) is 1. The topological polar surface area (TPSA) is 232 Å². The summed E-state index contributed by atoms with van der Waals surface area (Å²) < 4.78 is 11.4. The molecule has 3 aromatic carbocycles. The number of phenols is 6. The summed E-state index contributed by atoms with van der Waals surface area (Å²) >= 11 is 0. The first kappa shape index (κ1) is 52.7. The van der Waals surface area contributed by atoms with Crippen molar-refractivity contribution in [2.45, 2.75) is 212 Å². The van der Waals surface area contributed by atoms with Crippen LogP contribution in [0.2, 0.25) is 0 Å². The first-order valence-corrected chi connectivity index (χ1v) is 27.1. The molecule has 0 unspecified atom stereocenters. The summed E-state index contributed by atoms with van der Waals surface area (Å²) in [5.41, 5.74) is 2.69. The van der Waals surface area contributed by atoms with Gasteiger partial charge in [0.2, 0.25) is 0 Å². The van der Waals surface area contributed by atoms with E-state index in [1.54, 1.807) is 6.07 Å². The number of hydrogen-bond acceptors (Lipinski definition) is 12. The highest BCUT2D eigenvalue weighted by Crippen LogP contribution is 2.69. The predicted molar refractivity (Wildman–Crippen MR) is 274 cm³/mol. The Kier molecular flexibility index (Phi) is 12.6. The van der Waals surface area contributed by atoms with E-state index in [-0.39, 0.29) is 104 Å². The van der Waals surface area contributed by atoms with Crippen molar-refractivity contribution in [3.8, 4) is 34.5 Å². The number of ether oxygens (including phenoxy) is 2. The molecule has 3 aliphatic heterocycles. The van der Waals surface area contributed by atoms with E-state index in [0.717, 1.165) is 74.5 Å². The fraction of sp³-hybridized carbons (Fsp3) is 0.650. The number of esters is 2. The molecular weight excluding hydrogens is 929 g/mol. The standard InChI is InChI=1S/C20H26O5.C20H26O4.C20H28O4/c1-9(2)10-8-11-12(15(23)13(10)21)20-7-5-6-19(3,4)17(20)16(14(11)22)25-18(20)24;1-10(2)11-8-12-13-9-14-19(3,4)6-5-7-20(14,18(23)24-13)15(12)17(22)16(11)21;1-11(2)13-10-12-6-7-14-19(3,4)8-5-9-20(14,18(23)24)15(12)17(22)16(13)21/h8-9,14,16-17,21-23H,5-7H2,1-4H3;8,10,13-14,21-22H,5-7,9H2,1-4H3;10-11,14,21-22H,5-9H2,1-4H3,(H,23,24)/t14-,16+,17-,20-;13-,14-,20+;14-,20+/m000/s1. The summed E-state index contributed by atoms with van der Waals surface area (Å²) in [7, 11) is 0. The SMILES string of the molecule is CC(C)c1cc2c(c(O)c1O)[C@@]1(C(=O)O)CCCC(C)(C)[C@@H]1CC2.CC(C)c1cc2c(c(O)c1O)[C@@]13CCCC(C)(C)[C@@H]1C[C@@H]2OC3=O.CC(C)c1cc2c(c(O)c1O)[C@@]13CCCC(C)(C)[C@@H]1[C@H](OC3=O)[C@H]2O. The molecule has 1 spiro atoms. The first-order valence-electron chi connectivity index (χ1n) is 27.1. The summed E-state index contributed by atoms with van der Waals surface area (Å²) in [5.74, 6) is -2.37. The van der Waals surface area contributed by atoms with E-state index in [9.17, 15) is 55.2 Å². The monoisotopic (exact) mass is 1010 g/mol. The second-order valence-electron chi connectivity index (χ2n) is 26.2. The van der Waals surface area contributed by atoms with Crippen LogP contribution in [-0.4, -0.2) is 64.9 Å². The molecule has 3 heterocycles. The third kappa shape index (κ3) is 7.32. The maximum atomic E-state index is 13.0. The van der Waals surface area contributed by atoms with E-state index in [1.807, 2.05) is 53.7 Å². The smallest absolute Gasteiger partial charge is 0.317 e. The molecule has 3 aromatic rings. The van der Waals surface area contributed by atoms with Gasteiger partial charge in [-0.15, -0.1) is 0 Å². The molecular formula is C60H80O13. The van der Waals surface area contributed by atoms with Gasteiger partial charge in [0.1, 0.15) is 29.1 Å². The van der Waals surface area contributed by atoms with Crippen LogP contribution in [0, 0.1) is 34.0 Å². The van der Waals surface area contributed by atoms with Gasteiger partial charge >= 0.3 is 17.9 Å². The van der Waals surface area contributed by atoms with Crippen molar-refractivity contribution in [3.63, 3.8) is 0 Å². The van der Waals surface area contributed by atoms with Crippen molar-refractivity contribution in [2.24, 2.45) is 34.0 Å². The molecule has 0 radical (unpaired) electrons. The Morgan fingerprint density at radius 3 is 1.56 bits per heavy atom. The zero-order valence-corrected chi connectivity index (χ0v) is 45.0. The van der Waals surface area contributed by atoms with Gasteiger partial charge in [-0.2, -0.15) is 0 Å². The average molecular weight is 1010 g/mol. The van der Waals surface area contributed by atoms with Crippen molar-refractivity contribution < 1.29 is 64.7 Å². The highest BCUT2D eigenvalue weighted by atomic mass is 16.6. The van der Waals surface area contributed by atoms with Gasteiger partial charge in [0.05, 0.1) is 5.41 Å². The minimum Gasteiger partial charge on any atom is -0.504 e. The van der Waals surface area contributed by atoms with Crippen molar-refractivity contribution in [3.05, 3.63) is 68.3 Å². The lowest BCUT2D eigenvalue weighted by molar-refractivity contribution is -0.185. The number of carboxylic acids is 1. The van der Waals surface area contributed by atoms with Crippen LogP contribution in [0.3, 0.4) is 0 Å². The van der Waals surface area contributed by atoms with Crippen LogP contribution in [0.5, 0.6) is 34.5 Å². The predicted octanol–water partition coefficient (Wildman–Crippen LogP) is 11.9. The highest BCUT2D eigenvalue weighted by molar-refractivity contribution is 5.91. The Balaban J connectivity index is 0.000000135. The minimum absolute atomic E-state index is 0.0179. The van der Waals surface area contributed by atoms with E-state index in [4.69, 9.17) is 9.47 Å². The Hall–Kier alpha value is -5.17. The maximum Gasteiger partial charge on any atom is 0.317 e. The number of rotatable bonds is 4. The Bertz CT molecular complexity index is 2760. The Morgan fingerprint density at radius 1 is 0.562 bits per heavy atom. The van der Waals surface area contributed by atoms with Gasteiger partial charge in [-0.05, 0) is 127 Å². The number of carbonyl (C=O) groups excluding carboxylic acids is 2. The van der Waals surface area contributed by atoms with Gasteiger partial charge in [0.25, 0.3) is 0 Å². The second-order valence-corrected chi connectivity index (χ2v) is 26.2. The van der Waals surface area contributed by atoms with Gasteiger partial charge in [-0.25, -0.2) is 0 Å². The van der Waals surface area contributed by atoms with Crippen molar-refractivity contribution in [1.82, 2.24) is 0 Å². The van der Waals surface area contributed by atoms with Crippen molar-refractivity contribution in [2.75, 3.05) is 0 Å². The second kappa shape index (κ2) is 17.4. The van der Waals surface area contributed by atoms with Gasteiger partial charge in [-0.3, -0.25) is 14.4 Å². The summed E-state index contributed by atoms with van der Waals surface area (Å²) in [5, 5.41) is 85.3. The fourth-order valence-corrected chi connectivity index (χ4v) is 16.6. The molecule has 398 valence electrons. The highest BCUT2D eigenvalue weighted by Gasteiger charge is 2.70. The number of phenolic OH excluding ortho intramolecular Hbond substituents is 6. The van der Waals surface area contributed by atoms with E-state index >= 15 is 0 Å². The van der Waals surface area contributed by atoms with Gasteiger partial charge in [0.15, 0.2) is 34.5 Å². The Morgan fingerprint density at radius 2 is 1.01 bits per heavy atom. The minimum atomic E-state index is -1.09. The zero-order valence-electron chi connectivity index (χ0n) is 45.0. The molecule has 2 saturated heterocycles. The van der Waals surface area contributed by atoms with Crippen LogP contribution in [0.15, 0.2) is 18.2 Å². The number of hydrogen-bond donors (Lipinski definition) is 8. The summed E-state index contributed by atoms with van der Waals surface area (Å²) in [6.45, 7) is 24.6. The quantitative estimate of drug-likeness (QED) is 0.0899. The molecule has 8 N–H and O–H groups in total. The average Bonchev–Trinajstić information content (AvgIpc) is 3.58. The summed E-state index contributed by atoms with van der Waals surface area (Å²) in [4.78, 5) is 38.3. The molecule has 3 saturated carbocycles. The molecule has 12 rings (SSSR count). The molecule has 9 atom stereocenters. The van der Waals surface area contributed by atoms with Gasteiger partial charge in [-0.1, -0.05) is 108 Å². The number of fused-ring (bicyclic) bond motifs is 5. The van der Waals surface area contributed by atoms with E-state index in [1.165, 1.54) is 0 Å². The number of aromatic hydroxyl groups is 6. The lowest BCUT2D eigenvalue weighted by Crippen LogP contribution is -2.59. The van der Waals surface area contributed by atoms with Gasteiger partial charge in [0, 0.05) is 44.9 Å². The van der Waals surface area contributed by atoms with Crippen LogP contribution >= 0.6 is 0 Å². The third-order valence-corrected chi connectivity index (χ3v) is 19.9. The van der Waals surface area contributed by atoms with Crippen LogP contribution in [0.25, 0.3) is 0 Å². The molecule has 0 aromatic heterocycles. The Labute approximate surface area is 430 Å². The fourth-order valence-electron chi connectivity index (χ4n) is 16.6. The molecule has 13 heteroatoms. The third-order valence-electron chi connectivity index (χ3n) is 19.9. The van der Waals surface area contributed by atoms with Crippen LogP contribution in [0.1, 0.15) is 234 Å². The van der Waals surface area contributed by atoms with E-state index < -0.39 is 34.4 Å². The first-order chi connectivity index (χ1) is 33.9. The number of aliphatic hydroxyl groups excluding tert-OH is 1. The molecule has 73 heavy (non-hydrogen) atoms. The molecule has 6 aliphatic carbocycles. The summed E-state index contributed by atoms with van der Waals surface area (Å²) in [6, 6.07) is 5.61. The number of aliphatic carboxylic acids is 1. The number of benzene rings is 3. The van der Waals surface area contributed by atoms with Crippen molar-refractivity contribution in [1.29, 1.82) is 0 Å². The van der Waals surface area contributed by atoms with E-state index in [0.29, 0.717) is 52.6 Å².